The van der Waals surface area contributed by atoms with Crippen LogP contribution in [-0.2, 0) is 0 Å². The Hall–Kier alpha value is -7.99. The fraction of sp³-hybridized carbons (Fsp3) is 0. The number of nitrogens with zero attached hydrogens (tertiary/aromatic N) is 4. The molecule has 10 aromatic carbocycles. The third-order valence-corrected chi connectivity index (χ3v) is 13.6. The zero-order chi connectivity index (χ0) is 40.7. The zero-order valence-corrected chi connectivity index (χ0v) is 34.1. The Morgan fingerprint density at radius 3 is 1.53 bits per heavy atom. The second-order valence-corrected chi connectivity index (χ2v) is 17.0. The van der Waals surface area contributed by atoms with Gasteiger partial charge in [0.2, 0.25) is 0 Å². The topological polar surface area (TPSA) is 43.6 Å². The minimum absolute atomic E-state index is 0.631. The molecule has 0 radical (unpaired) electrons. The lowest BCUT2D eigenvalue weighted by molar-refractivity contribution is 1.08. The van der Waals surface area contributed by atoms with E-state index in [2.05, 4.69) is 193 Å². The number of aromatic nitrogens is 4. The van der Waals surface area contributed by atoms with Crippen molar-refractivity contribution in [3.8, 4) is 51.0 Å². The Labute approximate surface area is 360 Å². The van der Waals surface area contributed by atoms with E-state index in [-0.39, 0.29) is 0 Å². The molecule has 0 unspecified atom stereocenters. The lowest BCUT2D eigenvalue weighted by Gasteiger charge is -2.18. The first-order valence-electron chi connectivity index (χ1n) is 20.9. The van der Waals surface area contributed by atoms with E-state index in [1.165, 1.54) is 63.5 Å². The first kappa shape index (κ1) is 34.8. The summed E-state index contributed by atoms with van der Waals surface area (Å²) in [5.74, 6) is 1.92. The molecule has 0 N–H and O–H groups in total. The maximum absolute atomic E-state index is 5.44. The van der Waals surface area contributed by atoms with Crippen LogP contribution >= 0.6 is 11.3 Å². The summed E-state index contributed by atoms with van der Waals surface area (Å²) in [6.45, 7) is 0. The molecular weight excluding hydrogens is 773 g/mol. The lowest BCUT2D eigenvalue weighted by Crippen LogP contribution is -2.02. The van der Waals surface area contributed by atoms with Crippen molar-refractivity contribution in [2.45, 2.75) is 0 Å². The van der Waals surface area contributed by atoms with Crippen LogP contribution in [0.4, 0.5) is 0 Å². The van der Waals surface area contributed by atoms with E-state index in [0.29, 0.717) is 17.5 Å². The maximum Gasteiger partial charge on any atom is 0.165 e. The minimum atomic E-state index is 0.631. The van der Waals surface area contributed by atoms with Crippen LogP contribution in [0.5, 0.6) is 0 Å². The average Bonchev–Trinajstić information content (AvgIpc) is 3.87. The van der Waals surface area contributed by atoms with E-state index in [9.17, 15) is 0 Å². The van der Waals surface area contributed by atoms with E-state index in [1.807, 2.05) is 18.2 Å². The summed E-state index contributed by atoms with van der Waals surface area (Å²) in [4.78, 5) is 16.0. The van der Waals surface area contributed by atoms with Crippen LogP contribution in [0.2, 0.25) is 0 Å². The SMILES string of the molecule is c1ccc(-c2nc(-c3cccc4c3sc3ccccc34)nc(-c3ccc(-n4c5cc6ccccc6cc5c5cc6ccccc6cc54)c4cccc(-c5ccccc5)c34)n2)cc1. The Morgan fingerprint density at radius 2 is 0.855 bits per heavy atom. The standard InChI is InChI=1S/C57H34N4S/c1-3-15-35(16-4-1)41-24-13-26-44-49(61-50-33-39-21-9-7-19-37(39)31-47(50)48-32-38-20-8-10-22-40(38)34-51(48)61)30-29-45(53(41)44)56-58-55(36-17-5-2-6-18-36)59-57(60-56)46-27-14-25-43-42-23-11-12-28-52(42)62-54(43)46/h1-34H. The summed E-state index contributed by atoms with van der Waals surface area (Å²) >= 11 is 1.79. The molecule has 4 nitrogen and oxygen atoms in total. The molecule has 0 saturated carbocycles. The highest BCUT2D eigenvalue weighted by Gasteiger charge is 2.22. The van der Waals surface area contributed by atoms with E-state index in [1.54, 1.807) is 11.3 Å². The Kier molecular flexibility index (Phi) is 7.74. The van der Waals surface area contributed by atoms with Gasteiger partial charge in [-0.15, -0.1) is 11.3 Å². The van der Waals surface area contributed by atoms with E-state index in [4.69, 9.17) is 15.0 Å². The molecule has 0 bridgehead atoms. The molecule has 0 spiro atoms. The van der Waals surface area contributed by atoms with Crippen LogP contribution in [0.15, 0.2) is 206 Å². The van der Waals surface area contributed by atoms with E-state index >= 15 is 0 Å². The predicted molar refractivity (Wildman–Crippen MR) is 261 cm³/mol. The lowest BCUT2D eigenvalue weighted by atomic mass is 9.93. The normalized spacial score (nSPS) is 11.9. The van der Waals surface area contributed by atoms with Crippen molar-refractivity contribution in [3.05, 3.63) is 206 Å². The van der Waals surface area contributed by atoms with Gasteiger partial charge in [0, 0.05) is 58.4 Å². The molecule has 0 fully saturated rings. The van der Waals surface area contributed by atoms with Crippen molar-refractivity contribution in [2.24, 2.45) is 0 Å². The van der Waals surface area contributed by atoms with Gasteiger partial charge in [-0.3, -0.25) is 0 Å². The molecule has 62 heavy (non-hydrogen) atoms. The number of benzene rings is 10. The Bertz CT molecular complexity index is 3830. The van der Waals surface area contributed by atoms with Gasteiger partial charge in [0.05, 0.1) is 16.7 Å². The van der Waals surface area contributed by atoms with Gasteiger partial charge in [-0.25, -0.2) is 15.0 Å². The van der Waals surface area contributed by atoms with E-state index < -0.39 is 0 Å². The van der Waals surface area contributed by atoms with Crippen LogP contribution in [0.3, 0.4) is 0 Å². The number of hydrogen-bond donors (Lipinski definition) is 0. The minimum Gasteiger partial charge on any atom is -0.309 e. The number of fused-ring (bicyclic) bond motifs is 9. The maximum atomic E-state index is 5.44. The van der Waals surface area contributed by atoms with Gasteiger partial charge in [0.15, 0.2) is 17.5 Å². The summed E-state index contributed by atoms with van der Waals surface area (Å²) in [6, 6.07) is 74.0. The molecule has 0 saturated heterocycles. The van der Waals surface area contributed by atoms with E-state index in [0.717, 1.165) is 44.3 Å². The molecule has 0 atom stereocenters. The zero-order valence-electron chi connectivity index (χ0n) is 33.3. The molecule has 13 aromatic rings. The monoisotopic (exact) mass is 806 g/mol. The average molecular weight is 807 g/mol. The molecular formula is C57H34N4S. The summed E-state index contributed by atoms with van der Waals surface area (Å²) in [7, 11) is 0. The first-order valence-corrected chi connectivity index (χ1v) is 21.7. The summed E-state index contributed by atoms with van der Waals surface area (Å²) in [5, 5.41) is 12.0. The largest absolute Gasteiger partial charge is 0.309 e. The highest BCUT2D eigenvalue weighted by molar-refractivity contribution is 7.26. The van der Waals surface area contributed by atoms with Crippen LogP contribution in [0.25, 0.3) is 125 Å². The molecule has 0 aliphatic rings. The van der Waals surface area contributed by atoms with Crippen molar-refractivity contribution in [1.82, 2.24) is 19.5 Å². The molecule has 3 heterocycles. The highest BCUT2D eigenvalue weighted by atomic mass is 32.1. The number of thiophene rings is 1. The van der Waals surface area contributed by atoms with Crippen molar-refractivity contribution >= 4 is 85.6 Å². The summed E-state index contributed by atoms with van der Waals surface area (Å²) < 4.78 is 4.88. The molecule has 13 rings (SSSR count). The fourth-order valence-electron chi connectivity index (χ4n) is 9.53. The van der Waals surface area contributed by atoms with Gasteiger partial charge in [0.25, 0.3) is 0 Å². The van der Waals surface area contributed by atoms with Crippen molar-refractivity contribution in [3.63, 3.8) is 0 Å². The van der Waals surface area contributed by atoms with Gasteiger partial charge >= 0.3 is 0 Å². The number of hydrogen-bond acceptors (Lipinski definition) is 4. The van der Waals surface area contributed by atoms with Gasteiger partial charge in [-0.05, 0) is 81.2 Å². The highest BCUT2D eigenvalue weighted by Crippen LogP contribution is 2.44. The van der Waals surface area contributed by atoms with Gasteiger partial charge < -0.3 is 4.57 Å². The molecule has 3 aromatic heterocycles. The number of rotatable bonds is 5. The third-order valence-electron chi connectivity index (χ3n) is 12.4. The summed E-state index contributed by atoms with van der Waals surface area (Å²) in [6.07, 6.45) is 0. The second-order valence-electron chi connectivity index (χ2n) is 15.9. The van der Waals surface area contributed by atoms with Gasteiger partial charge in [-0.1, -0.05) is 158 Å². The Balaban J connectivity index is 1.13. The smallest absolute Gasteiger partial charge is 0.165 e. The second kappa shape index (κ2) is 13.8. The van der Waals surface area contributed by atoms with Crippen LogP contribution in [0.1, 0.15) is 0 Å². The van der Waals surface area contributed by atoms with Crippen molar-refractivity contribution in [2.75, 3.05) is 0 Å². The Morgan fingerprint density at radius 1 is 0.339 bits per heavy atom. The molecule has 0 aliphatic carbocycles. The first-order chi connectivity index (χ1) is 30.7. The van der Waals surface area contributed by atoms with Crippen LogP contribution < -0.4 is 0 Å². The molecule has 0 aliphatic heterocycles. The van der Waals surface area contributed by atoms with Gasteiger partial charge in [0.1, 0.15) is 0 Å². The fourth-order valence-corrected chi connectivity index (χ4v) is 10.7. The van der Waals surface area contributed by atoms with Crippen molar-refractivity contribution in [1.29, 1.82) is 0 Å². The van der Waals surface area contributed by atoms with Crippen LogP contribution in [-0.4, -0.2) is 19.5 Å². The molecule has 0 amide bonds. The quantitative estimate of drug-likeness (QED) is 0.174. The van der Waals surface area contributed by atoms with Crippen molar-refractivity contribution < 1.29 is 0 Å². The predicted octanol–water partition coefficient (Wildman–Crippen LogP) is 15.5. The molecule has 288 valence electrons. The van der Waals surface area contributed by atoms with Crippen LogP contribution in [0, 0.1) is 0 Å². The summed E-state index contributed by atoms with van der Waals surface area (Å²) in [5.41, 5.74) is 8.56. The molecule has 5 heteroatoms. The van der Waals surface area contributed by atoms with Gasteiger partial charge in [-0.2, -0.15) is 0 Å². The third kappa shape index (κ3) is 5.42.